The molecule has 0 saturated carbocycles. The predicted molar refractivity (Wildman–Crippen MR) is 72.2 cm³/mol. The van der Waals surface area contributed by atoms with E-state index in [0.29, 0.717) is 17.9 Å². The molecule has 0 aromatic heterocycles. The first-order valence-electron chi connectivity index (χ1n) is 4.82. The molecule has 16 heavy (non-hydrogen) atoms. The Morgan fingerprint density at radius 3 is 2.75 bits per heavy atom. The van der Waals surface area contributed by atoms with Crippen molar-refractivity contribution in [2.24, 2.45) is 0 Å². The van der Waals surface area contributed by atoms with E-state index in [1.165, 1.54) is 0 Å². The molecule has 1 aromatic rings. The van der Waals surface area contributed by atoms with E-state index < -0.39 is 0 Å². The molecule has 0 atom stereocenters. The van der Waals surface area contributed by atoms with Gasteiger partial charge in [-0.1, -0.05) is 5.92 Å². The first-order chi connectivity index (χ1) is 7.74. The van der Waals surface area contributed by atoms with Gasteiger partial charge in [-0.25, -0.2) is 0 Å². The highest BCUT2D eigenvalue weighted by molar-refractivity contribution is 7.99. The van der Waals surface area contributed by atoms with Gasteiger partial charge in [0, 0.05) is 22.8 Å². The van der Waals surface area contributed by atoms with Gasteiger partial charge in [0.2, 0.25) is 0 Å². The molecular weight excluding hydrogens is 238 g/mol. The summed E-state index contributed by atoms with van der Waals surface area (Å²) in [5.41, 5.74) is 0.653. The Morgan fingerprint density at radius 2 is 2.12 bits per heavy atom. The molecule has 4 heteroatoms. The Hall–Kier alpha value is -1.05. The summed E-state index contributed by atoms with van der Waals surface area (Å²) >= 11 is 5.79. The van der Waals surface area contributed by atoms with Gasteiger partial charge in [-0.3, -0.25) is 4.79 Å². The van der Waals surface area contributed by atoms with E-state index in [1.807, 2.05) is 0 Å². The van der Waals surface area contributed by atoms with Gasteiger partial charge >= 0.3 is 0 Å². The van der Waals surface area contributed by atoms with Crippen LogP contribution < -0.4 is 5.32 Å². The van der Waals surface area contributed by atoms with Crippen LogP contribution in [0.5, 0.6) is 0 Å². The van der Waals surface area contributed by atoms with Crippen molar-refractivity contribution >= 4 is 30.3 Å². The van der Waals surface area contributed by atoms with Crippen molar-refractivity contribution in [3.05, 3.63) is 29.8 Å². The topological polar surface area (TPSA) is 29.1 Å². The molecule has 1 aromatic carbocycles. The van der Waals surface area contributed by atoms with Crippen molar-refractivity contribution in [2.45, 2.75) is 4.90 Å². The highest BCUT2D eigenvalue weighted by atomic mass is 32.2. The van der Waals surface area contributed by atoms with E-state index in [-0.39, 0.29) is 5.91 Å². The number of rotatable bonds is 5. The number of carbonyl (C=O) groups excluding carboxylic acids is 1. The average Bonchev–Trinajstić information content (AvgIpc) is 2.29. The second-order valence-corrected chi connectivity index (χ2v) is 4.68. The lowest BCUT2D eigenvalue weighted by atomic mass is 10.2. The zero-order chi connectivity index (χ0) is 11.8. The Labute approximate surface area is 106 Å². The normalized spacial score (nSPS) is 9.50. The molecule has 0 aliphatic carbocycles. The smallest absolute Gasteiger partial charge is 0.251 e. The molecule has 1 N–H and O–H groups in total. The number of hydrogen-bond acceptors (Lipinski definition) is 3. The summed E-state index contributed by atoms with van der Waals surface area (Å²) in [6.45, 7) is 0.633. The minimum atomic E-state index is -0.0605. The van der Waals surface area contributed by atoms with Crippen molar-refractivity contribution in [1.29, 1.82) is 0 Å². The molecule has 0 heterocycles. The maximum Gasteiger partial charge on any atom is 0.251 e. The second-order valence-electron chi connectivity index (χ2n) is 3.06. The maximum absolute atomic E-state index is 11.6. The molecule has 0 saturated heterocycles. The van der Waals surface area contributed by atoms with Crippen LogP contribution in [-0.4, -0.2) is 24.0 Å². The minimum absolute atomic E-state index is 0.0605. The SMILES string of the molecule is C#CCSCCNC(=O)c1ccc(S)cc1. The Balaban J connectivity index is 2.30. The Bertz CT molecular complexity index is 381. The predicted octanol–water partition coefficient (Wildman–Crippen LogP) is 2.07. The van der Waals surface area contributed by atoms with Crippen LogP contribution >= 0.6 is 24.4 Å². The summed E-state index contributed by atoms with van der Waals surface area (Å²) in [4.78, 5) is 12.5. The zero-order valence-corrected chi connectivity index (χ0v) is 10.5. The standard InChI is InChI=1S/C12H13NOS2/c1-2-8-16-9-7-13-12(14)10-3-5-11(15)6-4-10/h1,3-6,15H,7-9H2,(H,13,14). The molecule has 0 radical (unpaired) electrons. The van der Waals surface area contributed by atoms with Crippen molar-refractivity contribution < 1.29 is 4.79 Å². The summed E-state index contributed by atoms with van der Waals surface area (Å²) in [5, 5.41) is 2.82. The largest absolute Gasteiger partial charge is 0.351 e. The third-order valence-electron chi connectivity index (χ3n) is 1.85. The van der Waals surface area contributed by atoms with Crippen molar-refractivity contribution in [2.75, 3.05) is 18.1 Å². The van der Waals surface area contributed by atoms with Crippen LogP contribution in [0.3, 0.4) is 0 Å². The van der Waals surface area contributed by atoms with Crippen LogP contribution in [-0.2, 0) is 0 Å². The lowest BCUT2D eigenvalue weighted by Gasteiger charge is -2.04. The molecule has 0 spiro atoms. The number of hydrogen-bond donors (Lipinski definition) is 2. The Morgan fingerprint density at radius 1 is 1.44 bits per heavy atom. The lowest BCUT2D eigenvalue weighted by molar-refractivity contribution is 0.0956. The fourth-order valence-electron chi connectivity index (χ4n) is 1.08. The van der Waals surface area contributed by atoms with E-state index in [4.69, 9.17) is 6.42 Å². The van der Waals surface area contributed by atoms with Crippen LogP contribution in [0.2, 0.25) is 0 Å². The number of carbonyl (C=O) groups is 1. The summed E-state index contributed by atoms with van der Waals surface area (Å²) in [7, 11) is 0. The van der Waals surface area contributed by atoms with E-state index in [0.717, 1.165) is 10.6 Å². The first kappa shape index (κ1) is 13.0. The van der Waals surface area contributed by atoms with Gasteiger partial charge in [-0.05, 0) is 24.3 Å². The molecule has 0 aliphatic heterocycles. The number of amides is 1. The number of thioether (sulfide) groups is 1. The molecule has 84 valence electrons. The van der Waals surface area contributed by atoms with Crippen LogP contribution in [0.1, 0.15) is 10.4 Å². The van der Waals surface area contributed by atoms with Gasteiger partial charge in [0.05, 0.1) is 5.75 Å². The van der Waals surface area contributed by atoms with Crippen molar-refractivity contribution in [3.8, 4) is 12.3 Å². The summed E-state index contributed by atoms with van der Waals surface area (Å²) in [6, 6.07) is 7.11. The van der Waals surface area contributed by atoms with Gasteiger partial charge in [0.15, 0.2) is 0 Å². The number of nitrogens with one attached hydrogen (secondary N) is 1. The number of thiol groups is 1. The minimum Gasteiger partial charge on any atom is -0.351 e. The van der Waals surface area contributed by atoms with Crippen LogP contribution in [0.15, 0.2) is 29.2 Å². The number of terminal acetylenes is 1. The molecule has 1 rings (SSSR count). The molecule has 0 aliphatic rings. The van der Waals surface area contributed by atoms with E-state index in [1.54, 1.807) is 36.0 Å². The second kappa shape index (κ2) is 7.26. The summed E-state index contributed by atoms with van der Waals surface area (Å²) in [6.07, 6.45) is 5.11. The molecule has 1 amide bonds. The monoisotopic (exact) mass is 251 g/mol. The van der Waals surface area contributed by atoms with Gasteiger partial charge in [0.1, 0.15) is 0 Å². The lowest BCUT2D eigenvalue weighted by Crippen LogP contribution is -2.25. The van der Waals surface area contributed by atoms with Crippen LogP contribution in [0, 0.1) is 12.3 Å². The maximum atomic E-state index is 11.6. The Kier molecular flexibility index (Phi) is 5.91. The van der Waals surface area contributed by atoms with E-state index >= 15 is 0 Å². The fourth-order valence-corrected chi connectivity index (χ4v) is 1.74. The average molecular weight is 251 g/mol. The fraction of sp³-hybridized carbons (Fsp3) is 0.250. The third-order valence-corrected chi connectivity index (χ3v) is 3.01. The third kappa shape index (κ3) is 4.65. The molecule has 0 bridgehead atoms. The molecule has 0 fully saturated rings. The summed E-state index contributed by atoms with van der Waals surface area (Å²) in [5.74, 6) is 3.99. The highest BCUT2D eigenvalue weighted by Crippen LogP contribution is 2.07. The molecular formula is C12H13NOS2. The molecule has 0 unspecified atom stereocenters. The van der Waals surface area contributed by atoms with Crippen LogP contribution in [0.4, 0.5) is 0 Å². The van der Waals surface area contributed by atoms with Gasteiger partial charge < -0.3 is 5.32 Å². The van der Waals surface area contributed by atoms with Crippen LogP contribution in [0.25, 0.3) is 0 Å². The van der Waals surface area contributed by atoms with Gasteiger partial charge in [-0.2, -0.15) is 0 Å². The summed E-state index contributed by atoms with van der Waals surface area (Å²) < 4.78 is 0. The van der Waals surface area contributed by atoms with Crippen molar-refractivity contribution in [1.82, 2.24) is 5.32 Å². The zero-order valence-electron chi connectivity index (χ0n) is 8.77. The quantitative estimate of drug-likeness (QED) is 0.476. The molecule has 2 nitrogen and oxygen atoms in total. The van der Waals surface area contributed by atoms with Crippen molar-refractivity contribution in [3.63, 3.8) is 0 Å². The number of benzene rings is 1. The van der Waals surface area contributed by atoms with Gasteiger partial charge in [-0.15, -0.1) is 30.8 Å². The first-order valence-corrected chi connectivity index (χ1v) is 6.42. The highest BCUT2D eigenvalue weighted by Gasteiger charge is 2.03. The van der Waals surface area contributed by atoms with E-state index in [9.17, 15) is 4.79 Å². The van der Waals surface area contributed by atoms with E-state index in [2.05, 4.69) is 23.9 Å². The van der Waals surface area contributed by atoms with Gasteiger partial charge in [0.25, 0.3) is 5.91 Å².